The molecular weight excluding hydrogens is 352 g/mol. The number of benzene rings is 2. The summed E-state index contributed by atoms with van der Waals surface area (Å²) < 4.78 is 50.2. The molecule has 9 heteroatoms. The average Bonchev–Trinajstić information content (AvgIpc) is 2.88. The molecule has 3 rings (SSSR count). The molecule has 126 valence electrons. The average molecular weight is 366 g/mol. The van der Waals surface area contributed by atoms with Gasteiger partial charge in [-0.3, -0.25) is 9.52 Å². The fourth-order valence-electron chi connectivity index (χ4n) is 2.41. The van der Waals surface area contributed by atoms with Crippen LogP contribution in [0.15, 0.2) is 52.3 Å². The number of hydrogen-bond donors (Lipinski definition) is 2. The van der Waals surface area contributed by atoms with Gasteiger partial charge in [0.1, 0.15) is 0 Å². The predicted molar refractivity (Wildman–Crippen MR) is 89.1 cm³/mol. The molecule has 0 atom stereocenters. The number of amides is 1. The topological polar surface area (TPSA) is 109 Å². The summed E-state index contributed by atoms with van der Waals surface area (Å²) in [6.45, 7) is 0. The summed E-state index contributed by atoms with van der Waals surface area (Å²) in [6, 6.07) is 9.87. The van der Waals surface area contributed by atoms with E-state index in [1.54, 1.807) is 18.2 Å². The third kappa shape index (κ3) is 3.13. The van der Waals surface area contributed by atoms with Crippen molar-refractivity contribution in [3.63, 3.8) is 0 Å². The molecule has 1 heterocycles. The molecule has 0 spiro atoms. The Labute approximate surface area is 139 Å². The van der Waals surface area contributed by atoms with Gasteiger partial charge in [0.15, 0.2) is 9.84 Å². The van der Waals surface area contributed by atoms with Crippen molar-refractivity contribution in [3.8, 4) is 0 Å². The van der Waals surface area contributed by atoms with Crippen molar-refractivity contribution in [1.29, 1.82) is 0 Å². The Morgan fingerprint density at radius 2 is 1.58 bits per heavy atom. The number of rotatable bonds is 4. The third-order valence-electron chi connectivity index (χ3n) is 3.57. The van der Waals surface area contributed by atoms with E-state index in [0.29, 0.717) is 11.3 Å². The van der Waals surface area contributed by atoms with E-state index < -0.39 is 19.9 Å². The van der Waals surface area contributed by atoms with Crippen LogP contribution in [0.3, 0.4) is 0 Å². The van der Waals surface area contributed by atoms with Crippen LogP contribution in [0, 0.1) is 0 Å². The molecule has 1 aliphatic heterocycles. The van der Waals surface area contributed by atoms with Crippen LogP contribution in [0.5, 0.6) is 0 Å². The van der Waals surface area contributed by atoms with Gasteiger partial charge in [-0.25, -0.2) is 16.8 Å². The van der Waals surface area contributed by atoms with Gasteiger partial charge in [-0.15, -0.1) is 0 Å². The van der Waals surface area contributed by atoms with Crippen LogP contribution in [-0.2, 0) is 31.1 Å². The summed E-state index contributed by atoms with van der Waals surface area (Å²) in [6.07, 6.45) is 1.25. The van der Waals surface area contributed by atoms with Crippen LogP contribution >= 0.6 is 0 Å². The van der Waals surface area contributed by atoms with E-state index in [4.69, 9.17) is 0 Å². The molecule has 2 aromatic carbocycles. The highest BCUT2D eigenvalue weighted by atomic mass is 32.2. The number of para-hydroxylation sites is 1. The van der Waals surface area contributed by atoms with Crippen LogP contribution in [0.2, 0.25) is 0 Å². The van der Waals surface area contributed by atoms with E-state index in [-0.39, 0.29) is 27.8 Å². The maximum Gasteiger partial charge on any atom is 0.261 e. The van der Waals surface area contributed by atoms with Gasteiger partial charge in [-0.05, 0) is 35.9 Å². The Hall–Kier alpha value is -2.39. The van der Waals surface area contributed by atoms with E-state index in [9.17, 15) is 21.6 Å². The first-order valence-corrected chi connectivity index (χ1v) is 10.3. The summed E-state index contributed by atoms with van der Waals surface area (Å²) >= 11 is 0. The molecule has 1 aliphatic rings. The minimum atomic E-state index is -3.91. The quantitative estimate of drug-likeness (QED) is 0.850. The minimum Gasteiger partial charge on any atom is -0.324 e. The normalized spacial score (nSPS) is 14.1. The standard InChI is InChI=1S/C15H14N2O5S2/c1-23(19,20)11-5-7-12(8-6-11)24(21,22)17-13-4-2-3-10-9-14(18)16-15(10)13/h2-8,17H,9H2,1H3,(H,16,18). The highest BCUT2D eigenvalue weighted by Gasteiger charge is 2.23. The first-order chi connectivity index (χ1) is 11.2. The van der Waals surface area contributed by atoms with Gasteiger partial charge in [-0.2, -0.15) is 0 Å². The molecule has 0 aliphatic carbocycles. The number of sulfone groups is 1. The van der Waals surface area contributed by atoms with Crippen molar-refractivity contribution in [2.24, 2.45) is 0 Å². The smallest absolute Gasteiger partial charge is 0.261 e. The lowest BCUT2D eigenvalue weighted by Crippen LogP contribution is -2.14. The van der Waals surface area contributed by atoms with Gasteiger partial charge >= 0.3 is 0 Å². The molecule has 0 radical (unpaired) electrons. The molecular formula is C15H14N2O5S2. The molecule has 24 heavy (non-hydrogen) atoms. The molecule has 2 aromatic rings. The van der Waals surface area contributed by atoms with Gasteiger partial charge in [0.2, 0.25) is 5.91 Å². The zero-order valence-electron chi connectivity index (χ0n) is 12.6. The van der Waals surface area contributed by atoms with Crippen LogP contribution in [0.4, 0.5) is 11.4 Å². The number of fused-ring (bicyclic) bond motifs is 1. The Morgan fingerprint density at radius 3 is 2.21 bits per heavy atom. The second kappa shape index (κ2) is 5.60. The zero-order chi connectivity index (χ0) is 17.5. The molecule has 0 aromatic heterocycles. The Balaban J connectivity index is 1.93. The minimum absolute atomic E-state index is 0.0364. The van der Waals surface area contributed by atoms with E-state index >= 15 is 0 Å². The second-order valence-electron chi connectivity index (χ2n) is 5.41. The number of sulfonamides is 1. The van der Waals surface area contributed by atoms with Gasteiger partial charge < -0.3 is 5.32 Å². The number of carbonyl (C=O) groups excluding carboxylic acids is 1. The van der Waals surface area contributed by atoms with Gasteiger partial charge in [-0.1, -0.05) is 12.1 Å². The van der Waals surface area contributed by atoms with E-state index in [1.165, 1.54) is 24.3 Å². The number of anilines is 2. The van der Waals surface area contributed by atoms with Crippen LogP contribution < -0.4 is 10.0 Å². The fraction of sp³-hybridized carbons (Fsp3) is 0.133. The predicted octanol–water partition coefficient (Wildman–Crippen LogP) is 1.39. The number of nitrogens with one attached hydrogen (secondary N) is 2. The highest BCUT2D eigenvalue weighted by molar-refractivity contribution is 7.92. The first-order valence-electron chi connectivity index (χ1n) is 6.91. The lowest BCUT2D eigenvalue weighted by molar-refractivity contribution is -0.115. The molecule has 1 amide bonds. The molecule has 2 N–H and O–H groups in total. The SMILES string of the molecule is CS(=O)(=O)c1ccc(S(=O)(=O)Nc2cccc3c2NC(=O)C3)cc1. The Kier molecular flexibility index (Phi) is 3.84. The highest BCUT2D eigenvalue weighted by Crippen LogP contribution is 2.32. The van der Waals surface area contributed by atoms with Crippen molar-refractivity contribution in [3.05, 3.63) is 48.0 Å². The maximum atomic E-state index is 12.5. The van der Waals surface area contributed by atoms with Crippen molar-refractivity contribution in [2.75, 3.05) is 16.3 Å². The fourth-order valence-corrected chi connectivity index (χ4v) is 4.11. The van der Waals surface area contributed by atoms with Crippen LogP contribution in [-0.4, -0.2) is 29.0 Å². The van der Waals surface area contributed by atoms with Gasteiger partial charge in [0.25, 0.3) is 10.0 Å². The van der Waals surface area contributed by atoms with Crippen molar-refractivity contribution in [2.45, 2.75) is 16.2 Å². The van der Waals surface area contributed by atoms with E-state index in [2.05, 4.69) is 10.0 Å². The maximum absolute atomic E-state index is 12.5. The summed E-state index contributed by atoms with van der Waals surface area (Å²) in [7, 11) is -7.31. The lowest BCUT2D eigenvalue weighted by atomic mass is 10.1. The third-order valence-corrected chi connectivity index (χ3v) is 6.08. The first kappa shape index (κ1) is 16.5. The number of carbonyl (C=O) groups is 1. The molecule has 0 unspecified atom stereocenters. The van der Waals surface area contributed by atoms with Gasteiger partial charge in [0.05, 0.1) is 27.6 Å². The molecule has 0 bridgehead atoms. The molecule has 0 saturated carbocycles. The van der Waals surface area contributed by atoms with Crippen LogP contribution in [0.25, 0.3) is 0 Å². The van der Waals surface area contributed by atoms with E-state index in [0.717, 1.165) is 6.26 Å². The van der Waals surface area contributed by atoms with Crippen LogP contribution in [0.1, 0.15) is 5.56 Å². The molecule has 0 saturated heterocycles. The summed E-state index contributed by atoms with van der Waals surface area (Å²) in [5.41, 5.74) is 1.43. The van der Waals surface area contributed by atoms with Gasteiger partial charge in [0, 0.05) is 6.26 Å². The zero-order valence-corrected chi connectivity index (χ0v) is 14.2. The summed E-state index contributed by atoms with van der Waals surface area (Å²) in [4.78, 5) is 11.4. The molecule has 0 fully saturated rings. The Bertz CT molecular complexity index is 1030. The van der Waals surface area contributed by atoms with Crippen molar-refractivity contribution < 1.29 is 21.6 Å². The summed E-state index contributed by atoms with van der Waals surface area (Å²) in [5.74, 6) is -0.200. The van der Waals surface area contributed by atoms with Crippen molar-refractivity contribution in [1.82, 2.24) is 0 Å². The number of hydrogen-bond acceptors (Lipinski definition) is 5. The lowest BCUT2D eigenvalue weighted by Gasteiger charge is -2.12. The van der Waals surface area contributed by atoms with E-state index in [1.807, 2.05) is 0 Å². The second-order valence-corrected chi connectivity index (χ2v) is 9.11. The monoisotopic (exact) mass is 366 g/mol. The largest absolute Gasteiger partial charge is 0.324 e. The molecule has 7 nitrogen and oxygen atoms in total. The van der Waals surface area contributed by atoms with Crippen molar-refractivity contribution >= 4 is 37.1 Å². The Morgan fingerprint density at radius 1 is 0.958 bits per heavy atom. The summed E-state index contributed by atoms with van der Waals surface area (Å²) in [5, 5.41) is 2.62.